The van der Waals surface area contributed by atoms with Crippen LogP contribution in [0.15, 0.2) is 18.2 Å². The van der Waals surface area contributed by atoms with Gasteiger partial charge < -0.3 is 9.88 Å². The van der Waals surface area contributed by atoms with E-state index in [9.17, 15) is 4.79 Å². The molecule has 0 aliphatic rings. The van der Waals surface area contributed by atoms with Gasteiger partial charge in [-0.2, -0.15) is 5.26 Å². The third-order valence-corrected chi connectivity index (χ3v) is 2.97. The van der Waals surface area contributed by atoms with E-state index in [0.29, 0.717) is 13.0 Å². The van der Waals surface area contributed by atoms with Crippen LogP contribution in [0.3, 0.4) is 0 Å². The minimum atomic E-state index is -0.593. The van der Waals surface area contributed by atoms with Crippen LogP contribution in [0.2, 0.25) is 0 Å². The van der Waals surface area contributed by atoms with Gasteiger partial charge in [-0.25, -0.2) is 4.98 Å². The average Bonchev–Trinajstić information content (AvgIpc) is 2.64. The van der Waals surface area contributed by atoms with E-state index >= 15 is 0 Å². The third-order valence-electron chi connectivity index (χ3n) is 2.97. The largest absolute Gasteiger partial charge is 0.343 e. The Morgan fingerprint density at radius 3 is 3.06 bits per heavy atom. The Hall–Kier alpha value is -2.35. The molecule has 0 fully saturated rings. The molecule has 1 aromatic carbocycles. The molecular weight excluding hydrogens is 228 g/mol. The van der Waals surface area contributed by atoms with Crippen molar-refractivity contribution in [3.8, 4) is 6.07 Å². The Bertz CT molecular complexity index is 636. The summed E-state index contributed by atoms with van der Waals surface area (Å²) in [5.74, 6) is 0.379. The quantitative estimate of drug-likeness (QED) is 0.818. The smallest absolute Gasteiger partial charge is 0.322 e. The summed E-state index contributed by atoms with van der Waals surface area (Å²) in [6.45, 7) is 2.43. The standard InChI is InChI=1S/C13H14N4O/c1-9-16-11-7-10(3-4-12(11)17(9)2)5-6-15-13(18)8-14/h3-4,7H,5-6H2,1-2H3,(H,15,18). The molecule has 0 bridgehead atoms. The van der Waals surface area contributed by atoms with Crippen molar-refractivity contribution in [3.05, 3.63) is 29.6 Å². The maximum atomic E-state index is 10.8. The molecule has 0 radical (unpaired) electrons. The lowest BCUT2D eigenvalue weighted by atomic mass is 10.1. The molecule has 18 heavy (non-hydrogen) atoms. The van der Waals surface area contributed by atoms with Crippen molar-refractivity contribution in [3.63, 3.8) is 0 Å². The minimum Gasteiger partial charge on any atom is -0.343 e. The lowest BCUT2D eigenvalue weighted by Gasteiger charge is -2.02. The van der Waals surface area contributed by atoms with Crippen molar-refractivity contribution >= 4 is 16.9 Å². The molecule has 0 spiro atoms. The van der Waals surface area contributed by atoms with Gasteiger partial charge in [-0.15, -0.1) is 0 Å². The number of nitriles is 1. The van der Waals surface area contributed by atoms with Crippen LogP contribution in [0.4, 0.5) is 0 Å². The fourth-order valence-electron chi connectivity index (χ4n) is 1.88. The number of imidazole rings is 1. The zero-order valence-electron chi connectivity index (χ0n) is 10.4. The molecule has 1 aromatic heterocycles. The number of amides is 1. The SMILES string of the molecule is Cc1nc2cc(CCNC(=O)C#N)ccc2n1C. The monoisotopic (exact) mass is 242 g/mol. The first-order valence-electron chi connectivity index (χ1n) is 5.71. The van der Waals surface area contributed by atoms with Crippen LogP contribution in [0.5, 0.6) is 0 Å². The van der Waals surface area contributed by atoms with Crippen molar-refractivity contribution < 1.29 is 4.79 Å². The molecule has 0 saturated heterocycles. The maximum absolute atomic E-state index is 10.8. The number of carbonyl (C=O) groups is 1. The Morgan fingerprint density at radius 1 is 1.56 bits per heavy atom. The number of aromatic nitrogens is 2. The first-order chi connectivity index (χ1) is 8.61. The number of rotatable bonds is 3. The van der Waals surface area contributed by atoms with Crippen LogP contribution in [-0.4, -0.2) is 22.0 Å². The topological polar surface area (TPSA) is 70.7 Å². The predicted octanol–water partition coefficient (Wildman–Crippen LogP) is 1.06. The summed E-state index contributed by atoms with van der Waals surface area (Å²) in [4.78, 5) is 15.2. The van der Waals surface area contributed by atoms with Gasteiger partial charge in [0.2, 0.25) is 0 Å². The van der Waals surface area contributed by atoms with E-state index in [4.69, 9.17) is 5.26 Å². The molecule has 0 aliphatic heterocycles. The van der Waals surface area contributed by atoms with Gasteiger partial charge in [0.25, 0.3) is 0 Å². The van der Waals surface area contributed by atoms with E-state index in [1.165, 1.54) is 6.07 Å². The second kappa shape index (κ2) is 4.88. The number of hydrogen-bond acceptors (Lipinski definition) is 3. The number of nitrogens with zero attached hydrogens (tertiary/aromatic N) is 3. The number of aryl methyl sites for hydroxylation is 2. The summed E-state index contributed by atoms with van der Waals surface area (Å²) in [6, 6.07) is 7.58. The predicted molar refractivity (Wildman–Crippen MR) is 67.8 cm³/mol. The molecule has 2 rings (SSSR count). The van der Waals surface area contributed by atoms with Crippen LogP contribution < -0.4 is 5.32 Å². The zero-order valence-corrected chi connectivity index (χ0v) is 10.4. The van der Waals surface area contributed by atoms with E-state index in [1.807, 2.05) is 36.7 Å². The number of hydrogen-bond donors (Lipinski definition) is 1. The molecule has 2 aromatic rings. The van der Waals surface area contributed by atoms with Crippen molar-refractivity contribution in [2.75, 3.05) is 6.54 Å². The highest BCUT2D eigenvalue weighted by molar-refractivity contribution is 5.91. The summed E-state index contributed by atoms with van der Waals surface area (Å²) >= 11 is 0. The van der Waals surface area contributed by atoms with Gasteiger partial charge in [0, 0.05) is 13.6 Å². The van der Waals surface area contributed by atoms with Crippen molar-refractivity contribution in [2.45, 2.75) is 13.3 Å². The zero-order chi connectivity index (χ0) is 13.1. The number of carbonyl (C=O) groups excluding carboxylic acids is 1. The third kappa shape index (κ3) is 2.33. The van der Waals surface area contributed by atoms with Crippen LogP contribution in [0.25, 0.3) is 11.0 Å². The van der Waals surface area contributed by atoms with Gasteiger partial charge in [-0.3, -0.25) is 4.79 Å². The highest BCUT2D eigenvalue weighted by Gasteiger charge is 2.05. The van der Waals surface area contributed by atoms with Gasteiger partial charge in [-0.1, -0.05) is 6.07 Å². The molecule has 1 heterocycles. The molecule has 0 atom stereocenters. The summed E-state index contributed by atoms with van der Waals surface area (Å²) in [7, 11) is 1.98. The molecular formula is C13H14N4O. The summed E-state index contributed by atoms with van der Waals surface area (Å²) in [6.07, 6.45) is 0.693. The second-order valence-corrected chi connectivity index (χ2v) is 4.16. The fraction of sp³-hybridized carbons (Fsp3) is 0.308. The van der Waals surface area contributed by atoms with E-state index in [-0.39, 0.29) is 0 Å². The van der Waals surface area contributed by atoms with Gasteiger partial charge in [0.15, 0.2) is 6.07 Å². The van der Waals surface area contributed by atoms with E-state index in [0.717, 1.165) is 22.4 Å². The van der Waals surface area contributed by atoms with Gasteiger partial charge in [0.1, 0.15) is 5.82 Å². The van der Waals surface area contributed by atoms with Gasteiger partial charge in [0.05, 0.1) is 11.0 Å². The van der Waals surface area contributed by atoms with Crippen LogP contribution in [0, 0.1) is 18.3 Å². The maximum Gasteiger partial charge on any atom is 0.322 e. The normalized spacial score (nSPS) is 10.3. The number of benzene rings is 1. The van der Waals surface area contributed by atoms with Crippen LogP contribution in [0.1, 0.15) is 11.4 Å². The first kappa shape index (κ1) is 12.1. The first-order valence-corrected chi connectivity index (χ1v) is 5.71. The molecule has 5 nitrogen and oxygen atoms in total. The van der Waals surface area contributed by atoms with Crippen molar-refractivity contribution in [1.29, 1.82) is 5.26 Å². The lowest BCUT2D eigenvalue weighted by molar-refractivity contribution is -0.115. The number of nitrogens with one attached hydrogen (secondary N) is 1. The van der Waals surface area contributed by atoms with Crippen molar-refractivity contribution in [1.82, 2.24) is 14.9 Å². The average molecular weight is 242 g/mol. The molecule has 0 saturated carbocycles. The van der Waals surface area contributed by atoms with E-state index < -0.39 is 5.91 Å². The molecule has 0 unspecified atom stereocenters. The molecule has 92 valence electrons. The molecule has 1 amide bonds. The second-order valence-electron chi connectivity index (χ2n) is 4.16. The molecule has 0 aliphatic carbocycles. The van der Waals surface area contributed by atoms with Crippen LogP contribution in [-0.2, 0) is 18.3 Å². The highest BCUT2D eigenvalue weighted by Crippen LogP contribution is 2.16. The van der Waals surface area contributed by atoms with E-state index in [2.05, 4.69) is 10.3 Å². The lowest BCUT2D eigenvalue weighted by Crippen LogP contribution is -2.23. The Kier molecular flexibility index (Phi) is 3.28. The summed E-state index contributed by atoms with van der Waals surface area (Å²) in [5.41, 5.74) is 3.15. The Balaban J connectivity index is 2.11. The minimum absolute atomic E-state index is 0.462. The Labute approximate surface area is 105 Å². The van der Waals surface area contributed by atoms with Crippen LogP contribution >= 0.6 is 0 Å². The molecule has 1 N–H and O–H groups in total. The van der Waals surface area contributed by atoms with Crippen molar-refractivity contribution in [2.24, 2.45) is 7.05 Å². The highest BCUT2D eigenvalue weighted by atomic mass is 16.1. The fourth-order valence-corrected chi connectivity index (χ4v) is 1.88. The summed E-state index contributed by atoms with van der Waals surface area (Å²) < 4.78 is 2.04. The number of fused-ring (bicyclic) bond motifs is 1. The van der Waals surface area contributed by atoms with Gasteiger partial charge in [-0.05, 0) is 31.0 Å². The van der Waals surface area contributed by atoms with Gasteiger partial charge >= 0.3 is 5.91 Å². The molecule has 5 heteroatoms. The Morgan fingerprint density at radius 2 is 2.33 bits per heavy atom. The van der Waals surface area contributed by atoms with E-state index in [1.54, 1.807) is 0 Å². The summed E-state index contributed by atoms with van der Waals surface area (Å²) in [5, 5.41) is 10.9.